The van der Waals surface area contributed by atoms with Crippen molar-refractivity contribution in [3.05, 3.63) is 54.1 Å². The molecular formula is C18H20N2O5. The van der Waals surface area contributed by atoms with Gasteiger partial charge in [0, 0.05) is 11.1 Å². The van der Waals surface area contributed by atoms with E-state index in [2.05, 4.69) is 17.4 Å². The van der Waals surface area contributed by atoms with Gasteiger partial charge in [-0.1, -0.05) is 12.6 Å². The van der Waals surface area contributed by atoms with Crippen molar-refractivity contribution in [3.63, 3.8) is 0 Å². The lowest BCUT2D eigenvalue weighted by atomic mass is 10.1. The fourth-order valence-electron chi connectivity index (χ4n) is 2.18. The van der Waals surface area contributed by atoms with Gasteiger partial charge in [-0.05, 0) is 30.3 Å². The number of carbonyl (C=O) groups is 1. The number of aromatic hydroxyl groups is 1. The molecule has 2 rings (SSSR count). The molecule has 0 unspecified atom stereocenters. The lowest BCUT2D eigenvalue weighted by Crippen LogP contribution is -2.35. The topological polar surface area (TPSA) is 89.1 Å². The first-order valence-electron chi connectivity index (χ1n) is 7.34. The Morgan fingerprint density at radius 2 is 1.60 bits per heavy atom. The number of hydrazine groups is 1. The first-order valence-corrected chi connectivity index (χ1v) is 7.34. The zero-order valence-corrected chi connectivity index (χ0v) is 14.3. The summed E-state index contributed by atoms with van der Waals surface area (Å²) in [7, 11) is 4.55. The molecule has 1 amide bonds. The van der Waals surface area contributed by atoms with Crippen LogP contribution in [0.15, 0.2) is 43.0 Å². The fourth-order valence-corrected chi connectivity index (χ4v) is 2.18. The zero-order valence-electron chi connectivity index (χ0n) is 14.3. The Morgan fingerprint density at radius 1 is 0.960 bits per heavy atom. The SMILES string of the molecule is C=C(NNC(=O)c1cccc(O)c1)c1cc(OC)c(OC)c(OC)c1. The molecule has 2 aromatic carbocycles. The van der Waals surface area contributed by atoms with E-state index in [1.165, 1.54) is 33.5 Å². The van der Waals surface area contributed by atoms with Crippen molar-refractivity contribution >= 4 is 11.6 Å². The van der Waals surface area contributed by atoms with Gasteiger partial charge in [-0.15, -0.1) is 0 Å². The van der Waals surface area contributed by atoms with Crippen LogP contribution in [0, 0.1) is 0 Å². The predicted molar refractivity (Wildman–Crippen MR) is 93.8 cm³/mol. The molecule has 0 aliphatic heterocycles. The molecule has 0 atom stereocenters. The van der Waals surface area contributed by atoms with Crippen molar-refractivity contribution in [2.45, 2.75) is 0 Å². The molecule has 132 valence electrons. The molecule has 2 aromatic rings. The van der Waals surface area contributed by atoms with E-state index in [1.54, 1.807) is 24.3 Å². The molecule has 0 aromatic heterocycles. The molecular weight excluding hydrogens is 324 g/mol. The van der Waals surface area contributed by atoms with Gasteiger partial charge < -0.3 is 19.3 Å². The predicted octanol–water partition coefficient (Wildman–Crippen LogP) is 2.32. The van der Waals surface area contributed by atoms with E-state index in [-0.39, 0.29) is 5.75 Å². The third kappa shape index (κ3) is 4.14. The number of amides is 1. The average Bonchev–Trinajstić information content (AvgIpc) is 2.64. The molecule has 0 saturated heterocycles. The Balaban J connectivity index is 2.14. The summed E-state index contributed by atoms with van der Waals surface area (Å²) in [5.41, 5.74) is 6.62. The average molecular weight is 344 g/mol. The summed E-state index contributed by atoms with van der Waals surface area (Å²) in [6.07, 6.45) is 0. The number of phenolic OH excluding ortho intramolecular Hbond substituents is 1. The highest BCUT2D eigenvalue weighted by molar-refractivity contribution is 5.94. The molecule has 25 heavy (non-hydrogen) atoms. The number of rotatable bonds is 7. The standard InChI is InChI=1S/C18H20N2O5/c1-11(19-20-18(22)12-6-5-7-14(21)8-12)13-9-15(23-2)17(25-4)16(10-13)24-3/h5-10,19,21H,1H2,2-4H3,(H,20,22). The Hall–Kier alpha value is -3.35. The van der Waals surface area contributed by atoms with Gasteiger partial charge in [0.05, 0.1) is 27.0 Å². The molecule has 0 heterocycles. The van der Waals surface area contributed by atoms with E-state index < -0.39 is 5.91 Å². The molecule has 0 fully saturated rings. The number of hydrogen-bond acceptors (Lipinski definition) is 6. The van der Waals surface area contributed by atoms with Crippen molar-refractivity contribution in [3.8, 4) is 23.0 Å². The first-order chi connectivity index (χ1) is 12.0. The summed E-state index contributed by atoms with van der Waals surface area (Å²) in [4.78, 5) is 12.1. The highest BCUT2D eigenvalue weighted by atomic mass is 16.5. The minimum atomic E-state index is -0.413. The maximum atomic E-state index is 12.1. The summed E-state index contributed by atoms with van der Waals surface area (Å²) >= 11 is 0. The van der Waals surface area contributed by atoms with Gasteiger partial charge in [-0.2, -0.15) is 0 Å². The molecule has 7 nitrogen and oxygen atoms in total. The van der Waals surface area contributed by atoms with Crippen molar-refractivity contribution in [1.29, 1.82) is 0 Å². The lowest BCUT2D eigenvalue weighted by Gasteiger charge is -2.16. The number of benzene rings is 2. The number of nitrogens with one attached hydrogen (secondary N) is 2. The summed E-state index contributed by atoms with van der Waals surface area (Å²) < 4.78 is 15.8. The number of hydrogen-bond donors (Lipinski definition) is 3. The van der Waals surface area contributed by atoms with Crippen LogP contribution in [0.2, 0.25) is 0 Å². The van der Waals surface area contributed by atoms with Gasteiger partial charge >= 0.3 is 0 Å². The van der Waals surface area contributed by atoms with Gasteiger partial charge in [0.1, 0.15) is 5.75 Å². The number of phenols is 1. The zero-order chi connectivity index (χ0) is 18.4. The molecule has 0 aliphatic carbocycles. The van der Waals surface area contributed by atoms with Crippen LogP contribution in [0.25, 0.3) is 5.70 Å². The second-order valence-corrected chi connectivity index (χ2v) is 5.02. The quantitative estimate of drug-likeness (QED) is 0.668. The number of carbonyl (C=O) groups excluding carboxylic acids is 1. The van der Waals surface area contributed by atoms with Gasteiger partial charge in [-0.25, -0.2) is 0 Å². The van der Waals surface area contributed by atoms with Crippen LogP contribution in [-0.2, 0) is 0 Å². The Kier molecular flexibility index (Phi) is 5.73. The van der Waals surface area contributed by atoms with Gasteiger partial charge in [0.2, 0.25) is 5.75 Å². The third-order valence-electron chi connectivity index (χ3n) is 3.45. The van der Waals surface area contributed by atoms with Crippen LogP contribution in [0.3, 0.4) is 0 Å². The lowest BCUT2D eigenvalue weighted by molar-refractivity contribution is 0.0942. The van der Waals surface area contributed by atoms with Crippen molar-refractivity contribution in [1.82, 2.24) is 10.9 Å². The van der Waals surface area contributed by atoms with E-state index >= 15 is 0 Å². The van der Waals surface area contributed by atoms with E-state index in [0.717, 1.165) is 0 Å². The minimum absolute atomic E-state index is 0.0103. The number of methoxy groups -OCH3 is 3. The van der Waals surface area contributed by atoms with Crippen LogP contribution in [0.5, 0.6) is 23.0 Å². The monoisotopic (exact) mass is 344 g/mol. The molecule has 7 heteroatoms. The Labute approximate surface area is 145 Å². The highest BCUT2D eigenvalue weighted by Gasteiger charge is 2.15. The van der Waals surface area contributed by atoms with Crippen LogP contribution in [0.4, 0.5) is 0 Å². The van der Waals surface area contributed by atoms with Gasteiger partial charge in [-0.3, -0.25) is 15.6 Å². The minimum Gasteiger partial charge on any atom is -0.508 e. The summed E-state index contributed by atoms with van der Waals surface area (Å²) in [5.74, 6) is 1.00. The first kappa shape index (κ1) is 18.0. The molecule has 0 spiro atoms. The Morgan fingerprint density at radius 3 is 2.12 bits per heavy atom. The van der Waals surface area contributed by atoms with Crippen molar-refractivity contribution < 1.29 is 24.1 Å². The normalized spacial score (nSPS) is 9.88. The maximum absolute atomic E-state index is 12.1. The molecule has 3 N–H and O–H groups in total. The molecule has 0 aliphatic rings. The molecule has 0 radical (unpaired) electrons. The maximum Gasteiger partial charge on any atom is 0.269 e. The fraction of sp³-hybridized carbons (Fsp3) is 0.167. The van der Waals surface area contributed by atoms with Gasteiger partial charge in [0.15, 0.2) is 11.5 Å². The summed E-state index contributed by atoms with van der Waals surface area (Å²) in [6, 6.07) is 9.42. The molecule has 0 saturated carbocycles. The largest absolute Gasteiger partial charge is 0.508 e. The van der Waals surface area contributed by atoms with E-state index in [0.29, 0.717) is 34.1 Å². The van der Waals surface area contributed by atoms with Crippen molar-refractivity contribution in [2.75, 3.05) is 21.3 Å². The smallest absolute Gasteiger partial charge is 0.269 e. The number of ether oxygens (including phenoxy) is 3. The van der Waals surface area contributed by atoms with E-state index in [4.69, 9.17) is 14.2 Å². The molecule has 0 bridgehead atoms. The second-order valence-electron chi connectivity index (χ2n) is 5.02. The third-order valence-corrected chi connectivity index (χ3v) is 3.45. The highest BCUT2D eigenvalue weighted by Crippen LogP contribution is 2.39. The van der Waals surface area contributed by atoms with Crippen LogP contribution < -0.4 is 25.1 Å². The van der Waals surface area contributed by atoms with Gasteiger partial charge in [0.25, 0.3) is 5.91 Å². The Bertz CT molecular complexity index is 764. The van der Waals surface area contributed by atoms with Crippen LogP contribution in [-0.4, -0.2) is 32.3 Å². The van der Waals surface area contributed by atoms with E-state index in [9.17, 15) is 9.90 Å². The van der Waals surface area contributed by atoms with E-state index in [1.807, 2.05) is 0 Å². The summed E-state index contributed by atoms with van der Waals surface area (Å²) in [6.45, 7) is 3.89. The van der Waals surface area contributed by atoms with Crippen molar-refractivity contribution in [2.24, 2.45) is 0 Å². The van der Waals surface area contributed by atoms with Crippen LogP contribution in [0.1, 0.15) is 15.9 Å². The van der Waals surface area contributed by atoms with Crippen LogP contribution >= 0.6 is 0 Å². The second kappa shape index (κ2) is 7.96. The summed E-state index contributed by atoms with van der Waals surface area (Å²) in [5, 5.41) is 9.42.